The van der Waals surface area contributed by atoms with Crippen molar-refractivity contribution in [2.75, 3.05) is 18.2 Å². The van der Waals surface area contributed by atoms with E-state index >= 15 is 0 Å². The topological polar surface area (TPSA) is 126 Å². The van der Waals surface area contributed by atoms with E-state index in [4.69, 9.17) is 4.74 Å². The number of nitrogens with zero attached hydrogens (tertiary/aromatic N) is 5. The van der Waals surface area contributed by atoms with Crippen molar-refractivity contribution in [3.05, 3.63) is 78.0 Å². The number of ether oxygens (including phenoxy) is 1. The number of sulfonamides is 1. The second-order valence-electron chi connectivity index (χ2n) is 12.5. The van der Waals surface area contributed by atoms with Crippen molar-refractivity contribution in [3.63, 3.8) is 0 Å². The molecule has 3 aromatic rings. The number of rotatable bonds is 14. The number of aromatic nitrogens is 1. The lowest BCUT2D eigenvalue weighted by Gasteiger charge is -2.30. The molecule has 1 aliphatic heterocycles. The Balaban J connectivity index is 1.34. The normalized spacial score (nSPS) is 16.0. The third-order valence-corrected chi connectivity index (χ3v) is 10.0. The van der Waals surface area contributed by atoms with Gasteiger partial charge in [0.05, 0.1) is 22.9 Å². The molecule has 0 spiro atoms. The average Bonchev–Trinajstić information content (AvgIpc) is 3.32. The van der Waals surface area contributed by atoms with Gasteiger partial charge in [-0.15, -0.1) is 5.11 Å². The summed E-state index contributed by atoms with van der Waals surface area (Å²) in [4.78, 5) is 17.2. The van der Waals surface area contributed by atoms with E-state index in [1.54, 1.807) is 43.5 Å². The van der Waals surface area contributed by atoms with Crippen molar-refractivity contribution in [1.82, 2.24) is 9.71 Å². The van der Waals surface area contributed by atoms with Gasteiger partial charge >= 0.3 is 0 Å². The Morgan fingerprint density at radius 1 is 0.978 bits per heavy atom. The number of hydrogen-bond donors (Lipinski definition) is 1. The quantitative estimate of drug-likeness (QED) is 0.150. The molecule has 1 aromatic heterocycles. The summed E-state index contributed by atoms with van der Waals surface area (Å²) < 4.78 is 34.8. The Labute approximate surface area is 267 Å². The third-order valence-electron chi connectivity index (χ3n) is 8.54. The minimum absolute atomic E-state index is 0.0583. The first kappa shape index (κ1) is 33.9. The van der Waals surface area contributed by atoms with Gasteiger partial charge in [-0.05, 0) is 85.0 Å². The molecule has 240 valence electrons. The van der Waals surface area contributed by atoms with E-state index in [1.807, 2.05) is 6.07 Å². The Kier molecular flexibility index (Phi) is 10.5. The molecule has 1 aliphatic rings. The summed E-state index contributed by atoms with van der Waals surface area (Å²) in [7, 11) is -3.77. The Bertz CT molecular complexity index is 1650. The van der Waals surface area contributed by atoms with Crippen LogP contribution in [-0.4, -0.2) is 44.2 Å². The van der Waals surface area contributed by atoms with Crippen molar-refractivity contribution in [2.45, 2.75) is 89.5 Å². The largest absolute Gasteiger partial charge is 0.493 e. The number of carbonyl (C=O) groups excluding carboxylic acids is 1. The standard InChI is InChI=1S/C34H44N6O4S/c1-8-33(4,5)25-14-19-29(28(23-25)34(6,7)9-2)44-22-12-21-36-45(42,43)27-17-15-26(16-18-27)40-32(41)31(24(3)39-40)38-37-30-13-10-11-20-35-30/h10-11,13-20,23,31,36H,8-9,12,21-22H2,1-7H3/b38-37+. The first-order chi connectivity index (χ1) is 21.3. The molecule has 0 radical (unpaired) electrons. The molecular weight excluding hydrogens is 588 g/mol. The molecular formula is C34H44N6O4S. The van der Waals surface area contributed by atoms with Gasteiger partial charge in [-0.3, -0.25) is 4.79 Å². The molecule has 1 atom stereocenters. The van der Waals surface area contributed by atoms with Gasteiger partial charge in [0, 0.05) is 18.3 Å². The minimum Gasteiger partial charge on any atom is -0.493 e. The van der Waals surface area contributed by atoms with Crippen LogP contribution in [0.5, 0.6) is 5.75 Å². The summed E-state index contributed by atoms with van der Waals surface area (Å²) in [5.41, 5.74) is 3.38. The Morgan fingerprint density at radius 2 is 1.69 bits per heavy atom. The molecule has 0 aliphatic carbocycles. The van der Waals surface area contributed by atoms with E-state index in [-0.39, 0.29) is 28.2 Å². The van der Waals surface area contributed by atoms with Crippen molar-refractivity contribution in [2.24, 2.45) is 15.3 Å². The molecule has 11 heteroatoms. The molecule has 45 heavy (non-hydrogen) atoms. The van der Waals surface area contributed by atoms with Crippen LogP contribution in [0.3, 0.4) is 0 Å². The number of amides is 1. The second kappa shape index (κ2) is 14.0. The Morgan fingerprint density at radius 3 is 2.33 bits per heavy atom. The smallest absolute Gasteiger partial charge is 0.280 e. The van der Waals surface area contributed by atoms with Crippen LogP contribution in [-0.2, 0) is 25.6 Å². The summed E-state index contributed by atoms with van der Waals surface area (Å²) in [5.74, 6) is 0.849. The van der Waals surface area contributed by atoms with Gasteiger partial charge in [0.15, 0.2) is 11.9 Å². The molecule has 4 rings (SSSR count). The zero-order chi connectivity index (χ0) is 32.8. The first-order valence-corrected chi connectivity index (χ1v) is 16.9. The molecule has 0 bridgehead atoms. The predicted molar refractivity (Wildman–Crippen MR) is 178 cm³/mol. The predicted octanol–water partition coefficient (Wildman–Crippen LogP) is 7.08. The fourth-order valence-corrected chi connectivity index (χ4v) is 5.79. The maximum Gasteiger partial charge on any atom is 0.280 e. The van der Waals surface area contributed by atoms with E-state index in [1.165, 1.54) is 28.3 Å². The molecule has 0 saturated heterocycles. The van der Waals surface area contributed by atoms with Crippen molar-refractivity contribution in [3.8, 4) is 5.75 Å². The van der Waals surface area contributed by atoms with E-state index in [0.717, 1.165) is 18.6 Å². The SMILES string of the molecule is CCC(C)(C)c1ccc(OCCCNS(=O)(=O)c2ccc(N3N=C(C)C(/N=N/c4ccccn4)C3=O)cc2)c(C(C)(C)CC)c1. The van der Waals surface area contributed by atoms with Crippen LogP contribution in [0.2, 0.25) is 0 Å². The fourth-order valence-electron chi connectivity index (χ4n) is 4.71. The number of benzene rings is 2. The highest BCUT2D eigenvalue weighted by atomic mass is 32.2. The highest BCUT2D eigenvalue weighted by Crippen LogP contribution is 2.38. The van der Waals surface area contributed by atoms with Crippen molar-refractivity contribution < 1.29 is 17.9 Å². The van der Waals surface area contributed by atoms with Crippen LogP contribution in [0, 0.1) is 0 Å². The van der Waals surface area contributed by atoms with Crippen LogP contribution in [0.15, 0.2) is 87.1 Å². The van der Waals surface area contributed by atoms with E-state index in [0.29, 0.717) is 30.2 Å². The lowest BCUT2D eigenvalue weighted by atomic mass is 9.76. The second-order valence-corrected chi connectivity index (χ2v) is 14.2. The van der Waals surface area contributed by atoms with Gasteiger partial charge in [0.1, 0.15) is 5.75 Å². The average molecular weight is 633 g/mol. The van der Waals surface area contributed by atoms with Crippen molar-refractivity contribution in [1.29, 1.82) is 0 Å². The van der Waals surface area contributed by atoms with Gasteiger partial charge in [0.2, 0.25) is 10.0 Å². The fraction of sp³-hybridized carbons (Fsp3) is 0.441. The number of carbonyl (C=O) groups is 1. The minimum atomic E-state index is -3.77. The van der Waals surface area contributed by atoms with Gasteiger partial charge in [-0.2, -0.15) is 15.2 Å². The maximum atomic E-state index is 13.0. The molecule has 1 unspecified atom stereocenters. The third kappa shape index (κ3) is 8.01. The van der Waals surface area contributed by atoms with E-state index < -0.39 is 16.1 Å². The zero-order valence-corrected chi connectivity index (χ0v) is 28.1. The van der Waals surface area contributed by atoms with E-state index in [2.05, 4.69) is 78.7 Å². The van der Waals surface area contributed by atoms with Crippen LogP contribution in [0.1, 0.15) is 78.9 Å². The van der Waals surface area contributed by atoms with Crippen LogP contribution in [0.25, 0.3) is 0 Å². The number of nitrogens with one attached hydrogen (secondary N) is 1. The molecule has 0 fully saturated rings. The molecule has 2 heterocycles. The number of hydrogen-bond acceptors (Lipinski definition) is 8. The van der Waals surface area contributed by atoms with Gasteiger partial charge in [-0.25, -0.2) is 18.1 Å². The van der Waals surface area contributed by atoms with Crippen LogP contribution in [0.4, 0.5) is 11.5 Å². The van der Waals surface area contributed by atoms with Crippen LogP contribution < -0.4 is 14.5 Å². The highest BCUT2D eigenvalue weighted by molar-refractivity contribution is 7.89. The van der Waals surface area contributed by atoms with E-state index in [9.17, 15) is 13.2 Å². The molecule has 0 saturated carbocycles. The van der Waals surface area contributed by atoms with Gasteiger partial charge in [-0.1, -0.05) is 59.7 Å². The monoisotopic (exact) mass is 632 g/mol. The number of azo groups is 1. The number of pyridine rings is 1. The summed E-state index contributed by atoms with van der Waals surface area (Å²) in [6, 6.07) is 16.8. The number of hydrazone groups is 1. The molecule has 10 nitrogen and oxygen atoms in total. The summed E-state index contributed by atoms with van der Waals surface area (Å²) in [6.45, 7) is 15.6. The summed E-state index contributed by atoms with van der Waals surface area (Å²) >= 11 is 0. The van der Waals surface area contributed by atoms with Gasteiger partial charge in [0.25, 0.3) is 5.91 Å². The lowest BCUT2D eigenvalue weighted by Crippen LogP contribution is -2.30. The summed E-state index contributed by atoms with van der Waals surface area (Å²) in [5, 5.41) is 13.7. The Hall–Kier alpha value is -3.96. The maximum absolute atomic E-state index is 13.0. The van der Waals surface area contributed by atoms with Gasteiger partial charge < -0.3 is 4.74 Å². The molecule has 1 N–H and O–H groups in total. The first-order valence-electron chi connectivity index (χ1n) is 15.4. The van der Waals surface area contributed by atoms with Crippen molar-refractivity contribution >= 4 is 33.1 Å². The lowest BCUT2D eigenvalue weighted by molar-refractivity contribution is -0.117. The summed E-state index contributed by atoms with van der Waals surface area (Å²) in [6.07, 6.45) is 4.09. The zero-order valence-electron chi connectivity index (χ0n) is 27.2. The highest BCUT2D eigenvalue weighted by Gasteiger charge is 2.35. The molecule has 1 amide bonds. The van der Waals surface area contributed by atoms with Crippen LogP contribution >= 0.6 is 0 Å². The number of anilines is 1. The molecule has 2 aromatic carbocycles.